The van der Waals surface area contributed by atoms with Gasteiger partial charge >= 0.3 is 0 Å². The summed E-state index contributed by atoms with van der Waals surface area (Å²) in [6, 6.07) is 0. The molecule has 2 atom stereocenters. The van der Waals surface area contributed by atoms with Crippen LogP contribution in [0.3, 0.4) is 0 Å². The van der Waals surface area contributed by atoms with Gasteiger partial charge < -0.3 is 0 Å². The van der Waals surface area contributed by atoms with Crippen molar-refractivity contribution in [3.63, 3.8) is 0 Å². The van der Waals surface area contributed by atoms with E-state index in [4.69, 9.17) is 0 Å². The molecule has 62 valence electrons. The van der Waals surface area contributed by atoms with Gasteiger partial charge in [-0.3, -0.25) is 0 Å². The summed E-state index contributed by atoms with van der Waals surface area (Å²) in [4.78, 5) is 1.15. The summed E-state index contributed by atoms with van der Waals surface area (Å²) >= 11 is 7.31. The topological polar surface area (TPSA) is 0 Å². The van der Waals surface area contributed by atoms with Crippen molar-refractivity contribution >= 4 is 31.9 Å². The zero-order valence-corrected chi connectivity index (χ0v) is 10.3. The minimum atomic E-state index is 0.351. The molecular formula is C8H16Br2. The van der Waals surface area contributed by atoms with Crippen LogP contribution in [-0.4, -0.2) is 9.65 Å². The van der Waals surface area contributed by atoms with E-state index in [1.165, 1.54) is 6.42 Å². The van der Waals surface area contributed by atoms with Gasteiger partial charge in [-0.2, -0.15) is 0 Å². The van der Waals surface area contributed by atoms with Gasteiger partial charge in [0.2, 0.25) is 0 Å². The van der Waals surface area contributed by atoms with Crippen LogP contribution in [0.5, 0.6) is 0 Å². The van der Waals surface area contributed by atoms with Crippen LogP contribution in [0.2, 0.25) is 0 Å². The summed E-state index contributed by atoms with van der Waals surface area (Å²) in [6.07, 6.45) is 1.17. The molecular weight excluding hydrogens is 256 g/mol. The second-order valence-electron chi connectivity index (χ2n) is 3.69. The fourth-order valence-corrected chi connectivity index (χ4v) is 1.92. The van der Waals surface area contributed by atoms with Crippen LogP contribution >= 0.6 is 31.9 Å². The van der Waals surface area contributed by atoms with Crippen LogP contribution in [0.25, 0.3) is 0 Å². The molecule has 0 aromatic heterocycles. The molecule has 0 heterocycles. The fraction of sp³-hybridized carbons (Fsp3) is 1.00. The predicted octanol–water partition coefficient (Wildman–Crippen LogP) is 3.97. The van der Waals surface area contributed by atoms with E-state index in [2.05, 4.69) is 59.6 Å². The Morgan fingerprint density at radius 2 is 1.60 bits per heavy atom. The van der Waals surface area contributed by atoms with Crippen molar-refractivity contribution in [1.29, 1.82) is 0 Å². The Balaban J connectivity index is 3.94. The maximum Gasteiger partial charge on any atom is 0.0319 e. The monoisotopic (exact) mass is 270 g/mol. The zero-order chi connectivity index (χ0) is 8.36. The third-order valence-electron chi connectivity index (χ3n) is 1.53. The summed E-state index contributed by atoms with van der Waals surface area (Å²) in [5.74, 6) is 0. The van der Waals surface area contributed by atoms with Crippen molar-refractivity contribution in [3.05, 3.63) is 0 Å². The first-order valence-electron chi connectivity index (χ1n) is 3.67. The van der Waals surface area contributed by atoms with Crippen LogP contribution in [0.4, 0.5) is 0 Å². The van der Waals surface area contributed by atoms with Crippen LogP contribution < -0.4 is 0 Å². The molecule has 0 rings (SSSR count). The average Bonchev–Trinajstić information content (AvgIpc) is 1.83. The highest BCUT2D eigenvalue weighted by Gasteiger charge is 2.26. The molecule has 0 amide bonds. The van der Waals surface area contributed by atoms with Crippen LogP contribution in [0.1, 0.15) is 34.1 Å². The summed E-state index contributed by atoms with van der Waals surface area (Å²) in [5, 5.41) is 0. The Morgan fingerprint density at radius 1 is 1.20 bits per heavy atom. The van der Waals surface area contributed by atoms with E-state index in [0.717, 1.165) is 0 Å². The molecule has 2 unspecified atom stereocenters. The van der Waals surface area contributed by atoms with E-state index in [9.17, 15) is 0 Å². The van der Waals surface area contributed by atoms with Gasteiger partial charge in [-0.25, -0.2) is 0 Å². The second kappa shape index (κ2) is 4.10. The lowest BCUT2D eigenvalue weighted by molar-refractivity contribution is 0.391. The molecule has 0 aliphatic rings. The lowest BCUT2D eigenvalue weighted by atomic mass is 9.90. The van der Waals surface area contributed by atoms with Crippen molar-refractivity contribution < 1.29 is 0 Å². The molecule has 2 heteroatoms. The van der Waals surface area contributed by atoms with Crippen LogP contribution in [-0.2, 0) is 0 Å². The molecule has 0 aliphatic carbocycles. The standard InChI is InChI=1S/C8H16Br2/c1-5-6(9)7(10)8(2,3)4/h6-7H,5H2,1-4H3. The maximum absolute atomic E-state index is 3.68. The maximum atomic E-state index is 3.68. The quantitative estimate of drug-likeness (QED) is 0.667. The Morgan fingerprint density at radius 3 is 1.70 bits per heavy atom. The summed E-state index contributed by atoms with van der Waals surface area (Å²) < 4.78 is 0. The largest absolute Gasteiger partial charge is 0.0878 e. The van der Waals surface area contributed by atoms with E-state index in [1.807, 2.05) is 0 Å². The van der Waals surface area contributed by atoms with Gasteiger partial charge in [-0.05, 0) is 11.8 Å². The van der Waals surface area contributed by atoms with Gasteiger partial charge in [-0.1, -0.05) is 59.6 Å². The van der Waals surface area contributed by atoms with Gasteiger partial charge in [0.15, 0.2) is 0 Å². The van der Waals surface area contributed by atoms with Gasteiger partial charge in [-0.15, -0.1) is 0 Å². The molecule has 0 N–H and O–H groups in total. The SMILES string of the molecule is CCC(Br)C(Br)C(C)(C)C. The van der Waals surface area contributed by atoms with Crippen molar-refractivity contribution in [1.82, 2.24) is 0 Å². The first kappa shape index (κ1) is 11.0. The molecule has 0 fully saturated rings. The molecule has 0 saturated carbocycles. The smallest absolute Gasteiger partial charge is 0.0319 e. The number of hydrogen-bond donors (Lipinski definition) is 0. The van der Waals surface area contributed by atoms with Crippen molar-refractivity contribution in [2.24, 2.45) is 5.41 Å². The summed E-state index contributed by atoms with van der Waals surface area (Å²) in [7, 11) is 0. The minimum Gasteiger partial charge on any atom is -0.0878 e. The summed E-state index contributed by atoms with van der Waals surface area (Å²) in [6.45, 7) is 8.93. The van der Waals surface area contributed by atoms with Crippen molar-refractivity contribution in [2.75, 3.05) is 0 Å². The third-order valence-corrected chi connectivity index (χ3v) is 5.43. The number of hydrogen-bond acceptors (Lipinski definition) is 0. The normalized spacial score (nSPS) is 18.6. The highest BCUT2D eigenvalue weighted by molar-refractivity contribution is 9.12. The highest BCUT2D eigenvalue weighted by Crippen LogP contribution is 2.33. The lowest BCUT2D eigenvalue weighted by Gasteiger charge is -2.28. The van der Waals surface area contributed by atoms with Gasteiger partial charge in [0, 0.05) is 9.65 Å². The van der Waals surface area contributed by atoms with Crippen molar-refractivity contribution in [3.8, 4) is 0 Å². The molecule has 0 aliphatic heterocycles. The van der Waals surface area contributed by atoms with E-state index < -0.39 is 0 Å². The first-order valence-corrected chi connectivity index (χ1v) is 5.51. The molecule has 0 saturated heterocycles. The van der Waals surface area contributed by atoms with Gasteiger partial charge in [0.05, 0.1) is 0 Å². The molecule has 0 nitrogen and oxygen atoms in total. The van der Waals surface area contributed by atoms with Gasteiger partial charge in [0.25, 0.3) is 0 Å². The molecule has 0 radical (unpaired) electrons. The van der Waals surface area contributed by atoms with E-state index in [-0.39, 0.29) is 0 Å². The fourth-order valence-electron chi connectivity index (χ4n) is 0.749. The molecule has 0 aromatic rings. The number of rotatable bonds is 2. The average molecular weight is 272 g/mol. The first-order chi connectivity index (χ1) is 4.39. The third kappa shape index (κ3) is 3.38. The van der Waals surface area contributed by atoms with E-state index in [1.54, 1.807) is 0 Å². The van der Waals surface area contributed by atoms with E-state index in [0.29, 0.717) is 15.1 Å². The Bertz CT molecular complexity index is 93.9. The number of alkyl halides is 2. The van der Waals surface area contributed by atoms with Crippen LogP contribution in [0.15, 0.2) is 0 Å². The molecule has 10 heavy (non-hydrogen) atoms. The Hall–Kier alpha value is 0.960. The lowest BCUT2D eigenvalue weighted by Crippen LogP contribution is -2.28. The molecule has 0 aromatic carbocycles. The highest BCUT2D eigenvalue weighted by atomic mass is 79.9. The van der Waals surface area contributed by atoms with E-state index >= 15 is 0 Å². The van der Waals surface area contributed by atoms with Gasteiger partial charge in [0.1, 0.15) is 0 Å². The Labute approximate surface area is 81.0 Å². The van der Waals surface area contributed by atoms with Crippen molar-refractivity contribution in [2.45, 2.75) is 43.8 Å². The Kier molecular flexibility index (Phi) is 4.50. The predicted molar refractivity (Wildman–Crippen MR) is 55.2 cm³/mol. The zero-order valence-electron chi connectivity index (χ0n) is 7.12. The number of halogens is 2. The minimum absolute atomic E-state index is 0.351. The molecule has 0 spiro atoms. The molecule has 0 bridgehead atoms. The summed E-state index contributed by atoms with van der Waals surface area (Å²) in [5.41, 5.74) is 0.351. The van der Waals surface area contributed by atoms with Crippen LogP contribution in [0, 0.1) is 5.41 Å². The second-order valence-corrected chi connectivity index (χ2v) is 5.85.